The van der Waals surface area contributed by atoms with Gasteiger partial charge >= 0.3 is 7.12 Å². The highest BCUT2D eigenvalue weighted by Gasteiger charge is 2.56. The number of fused-ring (bicyclic) bond motifs is 1. The number of nitrogens with one attached hydrogen (secondary N) is 1. The minimum Gasteiger partial charge on any atom is -0.475 e. The van der Waals surface area contributed by atoms with E-state index in [1.54, 1.807) is 6.07 Å². The third kappa shape index (κ3) is 2.19. The molecule has 1 saturated carbocycles. The van der Waals surface area contributed by atoms with E-state index in [-0.39, 0.29) is 5.91 Å². The van der Waals surface area contributed by atoms with Crippen molar-refractivity contribution in [2.75, 3.05) is 5.32 Å². The molecule has 1 saturated heterocycles. The number of ether oxygens (including phenoxy) is 1. The van der Waals surface area contributed by atoms with Crippen molar-refractivity contribution in [2.45, 2.75) is 57.3 Å². The van der Waals surface area contributed by atoms with Crippen molar-refractivity contribution in [3.05, 3.63) is 17.2 Å². The number of amides is 1. The van der Waals surface area contributed by atoms with Gasteiger partial charge in [0, 0.05) is 12.8 Å². The summed E-state index contributed by atoms with van der Waals surface area (Å²) in [6.07, 6.45) is 1.47. The van der Waals surface area contributed by atoms with Crippen molar-refractivity contribution in [1.29, 1.82) is 0 Å². The number of benzene rings is 1. The third-order valence-corrected chi connectivity index (χ3v) is 5.56. The van der Waals surface area contributed by atoms with Gasteiger partial charge in [-0.1, -0.05) is 11.6 Å². The summed E-state index contributed by atoms with van der Waals surface area (Å²) in [5.41, 5.74) is -0.237. The minimum absolute atomic E-state index is 0.115. The van der Waals surface area contributed by atoms with Gasteiger partial charge < -0.3 is 19.4 Å². The largest absolute Gasteiger partial charge is 0.495 e. The van der Waals surface area contributed by atoms with Crippen LogP contribution in [-0.2, 0) is 14.1 Å². The van der Waals surface area contributed by atoms with Gasteiger partial charge in [0.15, 0.2) is 5.60 Å². The summed E-state index contributed by atoms with van der Waals surface area (Å²) in [5, 5.41) is 3.28. The maximum Gasteiger partial charge on any atom is 0.495 e. The monoisotopic (exact) mass is 335 g/mol. The summed E-state index contributed by atoms with van der Waals surface area (Å²) in [7, 11) is -0.515. The Hall–Kier alpha value is -1.24. The van der Waals surface area contributed by atoms with Gasteiger partial charge in [0.2, 0.25) is 0 Å². The lowest BCUT2D eigenvalue weighted by molar-refractivity contribution is -0.125. The molecular formula is C16H19BClNO4. The Labute approximate surface area is 140 Å². The lowest BCUT2D eigenvalue weighted by Crippen LogP contribution is -2.41. The lowest BCUT2D eigenvalue weighted by Gasteiger charge is -2.32. The third-order valence-electron chi connectivity index (χ3n) is 5.26. The number of rotatable bonds is 1. The lowest BCUT2D eigenvalue weighted by atomic mass is 9.79. The smallest absolute Gasteiger partial charge is 0.475 e. The van der Waals surface area contributed by atoms with Crippen LogP contribution in [0.15, 0.2) is 12.1 Å². The Kier molecular flexibility index (Phi) is 2.95. The molecule has 1 aromatic rings. The van der Waals surface area contributed by atoms with Crippen LogP contribution in [0.3, 0.4) is 0 Å². The average molecular weight is 336 g/mol. The van der Waals surface area contributed by atoms with Gasteiger partial charge in [-0.05, 0) is 45.3 Å². The van der Waals surface area contributed by atoms with E-state index >= 15 is 0 Å². The summed E-state index contributed by atoms with van der Waals surface area (Å²) in [5.74, 6) is 0.467. The SMILES string of the molecule is CC1(C)OB(c2cc(Cl)c3c(c2)OC2(CC2)C(=O)N3)OC1(C)C. The van der Waals surface area contributed by atoms with E-state index < -0.39 is 23.9 Å². The number of halogens is 1. The predicted molar refractivity (Wildman–Crippen MR) is 88.4 cm³/mol. The van der Waals surface area contributed by atoms with E-state index in [0.29, 0.717) is 16.5 Å². The van der Waals surface area contributed by atoms with Crippen molar-refractivity contribution in [2.24, 2.45) is 0 Å². The molecule has 0 bridgehead atoms. The average Bonchev–Trinajstić information content (AvgIpc) is 3.15. The first-order valence-electron chi connectivity index (χ1n) is 7.83. The van der Waals surface area contributed by atoms with Crippen LogP contribution in [0, 0.1) is 0 Å². The Balaban J connectivity index is 1.70. The van der Waals surface area contributed by atoms with Crippen LogP contribution in [0.2, 0.25) is 5.02 Å². The van der Waals surface area contributed by atoms with Crippen LogP contribution >= 0.6 is 11.6 Å². The van der Waals surface area contributed by atoms with Gasteiger partial charge in [0.1, 0.15) is 11.4 Å². The van der Waals surface area contributed by atoms with Crippen LogP contribution in [0.5, 0.6) is 5.75 Å². The van der Waals surface area contributed by atoms with Crippen LogP contribution < -0.4 is 15.5 Å². The second-order valence-corrected chi connectivity index (χ2v) is 7.92. The molecule has 1 spiro atoms. The molecule has 2 fully saturated rings. The maximum atomic E-state index is 12.1. The van der Waals surface area contributed by atoms with E-state index in [0.717, 1.165) is 18.3 Å². The number of carbonyl (C=O) groups is 1. The quantitative estimate of drug-likeness (QED) is 0.801. The van der Waals surface area contributed by atoms with Gasteiger partial charge in [-0.3, -0.25) is 4.79 Å². The molecule has 23 heavy (non-hydrogen) atoms. The van der Waals surface area contributed by atoms with Crippen molar-refractivity contribution in [3.63, 3.8) is 0 Å². The summed E-state index contributed by atoms with van der Waals surface area (Å²) >= 11 is 6.34. The fourth-order valence-electron chi connectivity index (χ4n) is 2.85. The molecule has 3 aliphatic rings. The van der Waals surface area contributed by atoms with E-state index in [9.17, 15) is 4.79 Å². The number of hydrogen-bond donors (Lipinski definition) is 1. The number of anilines is 1. The molecule has 5 nitrogen and oxygen atoms in total. The highest BCUT2D eigenvalue weighted by Crippen LogP contribution is 2.48. The van der Waals surface area contributed by atoms with Crippen LogP contribution in [0.4, 0.5) is 5.69 Å². The molecule has 0 unspecified atom stereocenters. The Bertz CT molecular complexity index is 698. The summed E-state index contributed by atoms with van der Waals surface area (Å²) in [6, 6.07) is 3.61. The zero-order valence-corrected chi connectivity index (χ0v) is 14.4. The van der Waals surface area contributed by atoms with Crippen molar-refractivity contribution in [3.8, 4) is 5.75 Å². The maximum absolute atomic E-state index is 12.1. The Morgan fingerprint density at radius 3 is 2.30 bits per heavy atom. The summed E-state index contributed by atoms with van der Waals surface area (Å²) in [6.45, 7) is 8.01. The van der Waals surface area contributed by atoms with E-state index in [1.165, 1.54) is 0 Å². The fraction of sp³-hybridized carbons (Fsp3) is 0.562. The van der Waals surface area contributed by atoms with Crippen LogP contribution in [-0.4, -0.2) is 29.8 Å². The van der Waals surface area contributed by atoms with Crippen molar-refractivity contribution in [1.82, 2.24) is 0 Å². The number of hydrogen-bond acceptors (Lipinski definition) is 4. The molecule has 7 heteroatoms. The molecule has 2 heterocycles. The van der Waals surface area contributed by atoms with Gasteiger partial charge in [-0.2, -0.15) is 0 Å². The Morgan fingerprint density at radius 1 is 1.13 bits per heavy atom. The highest BCUT2D eigenvalue weighted by molar-refractivity contribution is 6.62. The standard InChI is InChI=1S/C16H19BClNO4/c1-14(2)15(3,4)23-17(22-14)9-7-10(18)12-11(8-9)21-16(5-6-16)13(20)19-12/h7-8H,5-6H2,1-4H3,(H,19,20). The molecule has 1 aromatic carbocycles. The first kappa shape index (κ1) is 15.3. The first-order valence-corrected chi connectivity index (χ1v) is 8.21. The molecule has 0 aromatic heterocycles. The van der Waals surface area contributed by atoms with Crippen molar-refractivity contribution < 1.29 is 18.8 Å². The normalized spacial score (nSPS) is 25.8. The zero-order chi connectivity index (χ0) is 16.6. The molecule has 2 aliphatic heterocycles. The van der Waals surface area contributed by atoms with Crippen molar-refractivity contribution >= 4 is 35.8 Å². The fourth-order valence-corrected chi connectivity index (χ4v) is 3.11. The molecule has 1 N–H and O–H groups in total. The van der Waals surface area contributed by atoms with Crippen LogP contribution in [0.25, 0.3) is 0 Å². The number of carbonyl (C=O) groups excluding carboxylic acids is 1. The highest BCUT2D eigenvalue weighted by atomic mass is 35.5. The van der Waals surface area contributed by atoms with E-state index in [2.05, 4.69) is 5.32 Å². The molecule has 1 aliphatic carbocycles. The summed E-state index contributed by atoms with van der Waals surface area (Å²) < 4.78 is 18.0. The van der Waals surface area contributed by atoms with Gasteiger partial charge in [-0.15, -0.1) is 0 Å². The van der Waals surface area contributed by atoms with Crippen LogP contribution in [0.1, 0.15) is 40.5 Å². The Morgan fingerprint density at radius 2 is 1.74 bits per heavy atom. The van der Waals surface area contributed by atoms with E-state index in [1.807, 2.05) is 33.8 Å². The molecule has 0 atom stereocenters. The predicted octanol–water partition coefficient (Wildman–Crippen LogP) is 2.50. The second-order valence-electron chi connectivity index (χ2n) is 7.51. The first-order chi connectivity index (χ1) is 10.6. The summed E-state index contributed by atoms with van der Waals surface area (Å²) in [4.78, 5) is 12.1. The molecule has 122 valence electrons. The van der Waals surface area contributed by atoms with E-state index in [4.69, 9.17) is 25.6 Å². The molecular weight excluding hydrogens is 316 g/mol. The topological polar surface area (TPSA) is 56.8 Å². The molecule has 1 amide bonds. The second kappa shape index (κ2) is 4.44. The van der Waals surface area contributed by atoms with Gasteiger partial charge in [0.05, 0.1) is 16.2 Å². The zero-order valence-electron chi connectivity index (χ0n) is 13.7. The molecule has 0 radical (unpaired) electrons. The van der Waals surface area contributed by atoms with Gasteiger partial charge in [-0.25, -0.2) is 0 Å². The van der Waals surface area contributed by atoms with Gasteiger partial charge in [0.25, 0.3) is 5.91 Å². The minimum atomic E-state index is -0.703. The molecule has 4 rings (SSSR count).